The number of benzene rings is 1. The van der Waals surface area contributed by atoms with Gasteiger partial charge in [-0.05, 0) is 52.8 Å². The third kappa shape index (κ3) is 3.85. The Morgan fingerprint density at radius 3 is 2.50 bits per heavy atom. The molecule has 24 heavy (non-hydrogen) atoms. The minimum atomic E-state index is -0.232. The number of carbonyl (C=O) groups excluding carboxylic acids is 1. The van der Waals surface area contributed by atoms with Crippen LogP contribution in [0.2, 0.25) is 0 Å². The Morgan fingerprint density at radius 1 is 1.29 bits per heavy atom. The zero-order chi connectivity index (χ0) is 18.0. The summed E-state index contributed by atoms with van der Waals surface area (Å²) in [5, 5.41) is 7.37. The monoisotopic (exact) mass is 328 g/mol. The molecule has 5 heteroatoms. The number of amides is 1. The predicted octanol–water partition coefficient (Wildman–Crippen LogP) is 3.11. The Bertz CT molecular complexity index is 748. The second kappa shape index (κ2) is 7.18. The smallest absolute Gasteiger partial charge is 0.241 e. The third-order valence-electron chi connectivity index (χ3n) is 4.72. The van der Waals surface area contributed by atoms with E-state index in [1.54, 1.807) is 4.68 Å². The van der Waals surface area contributed by atoms with Gasteiger partial charge in [-0.2, -0.15) is 5.10 Å². The van der Waals surface area contributed by atoms with Crippen LogP contribution >= 0.6 is 0 Å². The summed E-state index contributed by atoms with van der Waals surface area (Å²) in [6, 6.07) is 6.20. The molecule has 0 saturated carbocycles. The summed E-state index contributed by atoms with van der Waals surface area (Å²) in [5.41, 5.74) is 6.38. The molecule has 1 heterocycles. The molecule has 0 fully saturated rings. The molecule has 0 aliphatic rings. The van der Waals surface area contributed by atoms with Crippen LogP contribution < -0.4 is 5.32 Å². The number of aryl methyl sites for hydroxylation is 4. The SMILES string of the molecule is Cc1ccc(CN(C)[C@@H](C)C(=O)Nc2c(C)nn(C)c2C)c(C)c1. The summed E-state index contributed by atoms with van der Waals surface area (Å²) in [5.74, 6) is -0.0125. The van der Waals surface area contributed by atoms with Gasteiger partial charge >= 0.3 is 0 Å². The van der Waals surface area contributed by atoms with E-state index >= 15 is 0 Å². The highest BCUT2D eigenvalue weighted by Crippen LogP contribution is 2.19. The van der Waals surface area contributed by atoms with Gasteiger partial charge in [-0.25, -0.2) is 0 Å². The van der Waals surface area contributed by atoms with Crippen molar-refractivity contribution < 1.29 is 4.79 Å². The van der Waals surface area contributed by atoms with Crippen molar-refractivity contribution in [3.8, 4) is 0 Å². The van der Waals surface area contributed by atoms with Gasteiger partial charge in [0.25, 0.3) is 0 Å². The second-order valence-electron chi connectivity index (χ2n) is 6.68. The number of nitrogens with one attached hydrogen (secondary N) is 1. The number of rotatable bonds is 5. The summed E-state index contributed by atoms with van der Waals surface area (Å²) >= 11 is 0. The summed E-state index contributed by atoms with van der Waals surface area (Å²) in [4.78, 5) is 14.7. The van der Waals surface area contributed by atoms with Crippen LogP contribution in [0.4, 0.5) is 5.69 Å². The minimum Gasteiger partial charge on any atom is -0.322 e. The van der Waals surface area contributed by atoms with E-state index in [0.717, 1.165) is 23.6 Å². The Kier molecular flexibility index (Phi) is 5.44. The second-order valence-corrected chi connectivity index (χ2v) is 6.68. The molecule has 0 bridgehead atoms. The van der Waals surface area contributed by atoms with E-state index < -0.39 is 0 Å². The van der Waals surface area contributed by atoms with Crippen molar-refractivity contribution in [3.63, 3.8) is 0 Å². The maximum Gasteiger partial charge on any atom is 0.241 e. The summed E-state index contributed by atoms with van der Waals surface area (Å²) in [7, 11) is 3.86. The van der Waals surface area contributed by atoms with Crippen LogP contribution in [0.1, 0.15) is 35.0 Å². The van der Waals surface area contributed by atoms with Crippen LogP contribution in [0.15, 0.2) is 18.2 Å². The normalized spacial score (nSPS) is 12.5. The summed E-state index contributed by atoms with van der Waals surface area (Å²) in [6.45, 7) is 10.7. The van der Waals surface area contributed by atoms with Gasteiger partial charge < -0.3 is 5.32 Å². The van der Waals surface area contributed by atoms with Crippen molar-refractivity contribution in [2.75, 3.05) is 12.4 Å². The number of hydrogen-bond acceptors (Lipinski definition) is 3. The van der Waals surface area contributed by atoms with E-state index in [2.05, 4.69) is 47.4 Å². The molecule has 2 rings (SSSR count). The average molecular weight is 328 g/mol. The van der Waals surface area contributed by atoms with Crippen LogP contribution in [-0.4, -0.2) is 33.7 Å². The van der Waals surface area contributed by atoms with Gasteiger partial charge in [0, 0.05) is 13.6 Å². The van der Waals surface area contributed by atoms with Crippen molar-refractivity contribution >= 4 is 11.6 Å². The van der Waals surface area contributed by atoms with E-state index in [1.807, 2.05) is 34.9 Å². The standard InChI is InChI=1S/C19H28N4O/c1-12-8-9-17(13(2)10-12)11-22(6)16(5)19(24)20-18-14(3)21-23(7)15(18)4/h8-10,16H,11H2,1-7H3,(H,20,24)/t16-/m0/s1. The number of anilines is 1. The predicted molar refractivity (Wildman–Crippen MR) is 98.2 cm³/mol. The van der Waals surface area contributed by atoms with Crippen molar-refractivity contribution in [2.24, 2.45) is 7.05 Å². The van der Waals surface area contributed by atoms with Crippen LogP contribution in [-0.2, 0) is 18.4 Å². The van der Waals surface area contributed by atoms with Crippen molar-refractivity contribution in [2.45, 2.75) is 47.2 Å². The highest BCUT2D eigenvalue weighted by Gasteiger charge is 2.21. The van der Waals surface area contributed by atoms with E-state index in [0.29, 0.717) is 0 Å². The van der Waals surface area contributed by atoms with Crippen LogP contribution in [0, 0.1) is 27.7 Å². The number of likely N-dealkylation sites (N-methyl/N-ethyl adjacent to an activating group) is 1. The van der Waals surface area contributed by atoms with Gasteiger partial charge in [0.1, 0.15) is 0 Å². The molecule has 0 saturated heterocycles. The van der Waals surface area contributed by atoms with Gasteiger partial charge in [0.2, 0.25) is 5.91 Å². The van der Waals surface area contributed by atoms with E-state index in [1.165, 1.54) is 16.7 Å². The first-order chi connectivity index (χ1) is 11.2. The van der Waals surface area contributed by atoms with E-state index in [4.69, 9.17) is 0 Å². The zero-order valence-electron chi connectivity index (χ0n) is 15.8. The molecular weight excluding hydrogens is 300 g/mol. The van der Waals surface area contributed by atoms with E-state index in [9.17, 15) is 4.79 Å². The van der Waals surface area contributed by atoms with E-state index in [-0.39, 0.29) is 11.9 Å². The number of hydrogen-bond donors (Lipinski definition) is 1. The molecule has 5 nitrogen and oxygen atoms in total. The lowest BCUT2D eigenvalue weighted by molar-refractivity contribution is -0.120. The molecule has 0 radical (unpaired) electrons. The molecule has 130 valence electrons. The largest absolute Gasteiger partial charge is 0.322 e. The minimum absolute atomic E-state index is 0.0125. The third-order valence-corrected chi connectivity index (χ3v) is 4.72. The molecular formula is C19H28N4O. The quantitative estimate of drug-likeness (QED) is 0.917. The number of carbonyl (C=O) groups is 1. The Balaban J connectivity index is 2.06. The lowest BCUT2D eigenvalue weighted by atomic mass is 10.0. The Morgan fingerprint density at radius 2 is 1.96 bits per heavy atom. The highest BCUT2D eigenvalue weighted by molar-refractivity contribution is 5.95. The van der Waals surface area contributed by atoms with Gasteiger partial charge in [0.15, 0.2) is 0 Å². The molecule has 1 N–H and O–H groups in total. The Hall–Kier alpha value is -2.14. The molecule has 0 aliphatic carbocycles. The first-order valence-corrected chi connectivity index (χ1v) is 8.28. The number of aromatic nitrogens is 2. The molecule has 1 aromatic heterocycles. The molecule has 0 unspecified atom stereocenters. The molecule has 1 amide bonds. The molecule has 1 aromatic carbocycles. The lowest BCUT2D eigenvalue weighted by Crippen LogP contribution is -2.39. The summed E-state index contributed by atoms with van der Waals surface area (Å²) < 4.78 is 1.79. The molecule has 0 spiro atoms. The first-order valence-electron chi connectivity index (χ1n) is 8.28. The van der Waals surface area contributed by atoms with Gasteiger partial charge in [-0.1, -0.05) is 23.8 Å². The maximum absolute atomic E-state index is 12.6. The fourth-order valence-corrected chi connectivity index (χ4v) is 2.81. The van der Waals surface area contributed by atoms with Crippen LogP contribution in [0.5, 0.6) is 0 Å². The summed E-state index contributed by atoms with van der Waals surface area (Å²) in [6.07, 6.45) is 0. The topological polar surface area (TPSA) is 50.2 Å². The maximum atomic E-state index is 12.6. The molecule has 1 atom stereocenters. The Labute approximate surface area is 144 Å². The zero-order valence-corrected chi connectivity index (χ0v) is 15.8. The van der Waals surface area contributed by atoms with Crippen molar-refractivity contribution in [1.29, 1.82) is 0 Å². The van der Waals surface area contributed by atoms with Gasteiger partial charge in [0.05, 0.1) is 23.1 Å². The first kappa shape index (κ1) is 18.2. The molecule has 0 aliphatic heterocycles. The molecule has 2 aromatic rings. The highest BCUT2D eigenvalue weighted by atomic mass is 16.2. The van der Waals surface area contributed by atoms with Gasteiger partial charge in [-0.3, -0.25) is 14.4 Å². The van der Waals surface area contributed by atoms with Crippen LogP contribution in [0.3, 0.4) is 0 Å². The van der Waals surface area contributed by atoms with Crippen LogP contribution in [0.25, 0.3) is 0 Å². The fraction of sp³-hybridized carbons (Fsp3) is 0.474. The van der Waals surface area contributed by atoms with Crippen molar-refractivity contribution in [3.05, 3.63) is 46.3 Å². The number of nitrogens with zero attached hydrogens (tertiary/aromatic N) is 3. The average Bonchev–Trinajstić information content (AvgIpc) is 2.75. The lowest BCUT2D eigenvalue weighted by Gasteiger charge is -2.25. The fourth-order valence-electron chi connectivity index (χ4n) is 2.81. The van der Waals surface area contributed by atoms with Crippen molar-refractivity contribution in [1.82, 2.24) is 14.7 Å². The van der Waals surface area contributed by atoms with Gasteiger partial charge in [-0.15, -0.1) is 0 Å².